The normalized spacial score (nSPS) is 27.0. The minimum Gasteiger partial charge on any atom is -0.276 e. The number of fused-ring (bicyclic) bond motifs is 3. The third-order valence-corrected chi connectivity index (χ3v) is 6.98. The Morgan fingerprint density at radius 2 is 1.64 bits per heavy atom. The average molecular weight is 426 g/mol. The first-order valence-electron chi connectivity index (χ1n) is 9.38. The van der Waals surface area contributed by atoms with E-state index in [9.17, 15) is 13.2 Å². The van der Waals surface area contributed by atoms with E-state index in [2.05, 4.69) is 0 Å². The van der Waals surface area contributed by atoms with Crippen LogP contribution < -0.4 is 0 Å². The molecule has 0 spiro atoms. The molecule has 2 aliphatic rings. The topological polar surface area (TPSA) is 12.4 Å². The molecule has 0 N–H and O–H groups in total. The third-order valence-electron chi connectivity index (χ3n) is 6.34. The molecule has 1 saturated carbocycles. The summed E-state index contributed by atoms with van der Waals surface area (Å²) >= 11 is 13.0. The molecule has 1 aliphatic carbocycles. The molecule has 6 heteroatoms. The Morgan fingerprint density at radius 1 is 0.964 bits per heavy atom. The van der Waals surface area contributed by atoms with E-state index in [0.717, 1.165) is 18.4 Å². The Bertz CT molecular complexity index is 953. The van der Waals surface area contributed by atoms with Gasteiger partial charge in [0.25, 0.3) is 0 Å². The highest BCUT2D eigenvalue weighted by Crippen LogP contribution is 2.57. The second-order valence-corrected chi connectivity index (χ2v) is 8.78. The average Bonchev–Trinajstić information content (AvgIpc) is 2.61. The first-order chi connectivity index (χ1) is 13.2. The smallest absolute Gasteiger partial charge is 0.276 e. The SMILES string of the molecule is C[C@@]12CCCC[C@]1(CC(F)(F)F)N=C(c1ccccc1Cl)c1c(Cl)cccc12. The maximum Gasteiger partial charge on any atom is 0.391 e. The lowest BCUT2D eigenvalue weighted by Crippen LogP contribution is -2.56. The number of rotatable bonds is 2. The summed E-state index contributed by atoms with van der Waals surface area (Å²) in [5.74, 6) is 0. The molecule has 0 unspecified atom stereocenters. The van der Waals surface area contributed by atoms with Crippen molar-refractivity contribution in [2.75, 3.05) is 0 Å². The van der Waals surface area contributed by atoms with Gasteiger partial charge in [-0.3, -0.25) is 4.99 Å². The summed E-state index contributed by atoms with van der Waals surface area (Å²) in [7, 11) is 0. The van der Waals surface area contributed by atoms with Crippen LogP contribution >= 0.6 is 23.2 Å². The van der Waals surface area contributed by atoms with E-state index in [1.54, 1.807) is 24.3 Å². The number of alkyl halides is 3. The zero-order chi connectivity index (χ0) is 20.2. The summed E-state index contributed by atoms with van der Waals surface area (Å²) in [5.41, 5.74) is 0.650. The lowest BCUT2D eigenvalue weighted by Gasteiger charge is -2.53. The van der Waals surface area contributed by atoms with Crippen LogP contribution in [0.5, 0.6) is 0 Å². The lowest BCUT2D eigenvalue weighted by atomic mass is 9.55. The molecule has 1 nitrogen and oxygen atoms in total. The molecular formula is C22H20Cl2F3N. The maximum absolute atomic E-state index is 13.7. The first-order valence-corrected chi connectivity index (χ1v) is 10.1. The largest absolute Gasteiger partial charge is 0.391 e. The van der Waals surface area contributed by atoms with Crippen molar-refractivity contribution in [3.8, 4) is 0 Å². The summed E-state index contributed by atoms with van der Waals surface area (Å²) in [6, 6.07) is 12.6. The van der Waals surface area contributed by atoms with Gasteiger partial charge >= 0.3 is 6.18 Å². The van der Waals surface area contributed by atoms with Gasteiger partial charge in [-0.25, -0.2) is 0 Å². The monoisotopic (exact) mass is 425 g/mol. The molecule has 0 aromatic heterocycles. The van der Waals surface area contributed by atoms with Gasteiger partial charge in [0, 0.05) is 21.6 Å². The van der Waals surface area contributed by atoms with E-state index in [1.807, 2.05) is 25.1 Å². The number of aliphatic imine (C=N–C) groups is 1. The summed E-state index contributed by atoms with van der Waals surface area (Å²) in [6.07, 6.45) is -2.63. The summed E-state index contributed by atoms with van der Waals surface area (Å²) in [4.78, 5) is 4.85. The fraction of sp³-hybridized carbons (Fsp3) is 0.409. The van der Waals surface area contributed by atoms with Crippen LogP contribution in [0.4, 0.5) is 13.2 Å². The van der Waals surface area contributed by atoms with Gasteiger partial charge in [-0.15, -0.1) is 0 Å². The van der Waals surface area contributed by atoms with Gasteiger partial charge in [0.2, 0.25) is 0 Å². The van der Waals surface area contributed by atoms with Crippen LogP contribution in [0.1, 0.15) is 55.7 Å². The van der Waals surface area contributed by atoms with Gasteiger partial charge < -0.3 is 0 Å². The van der Waals surface area contributed by atoms with E-state index in [0.29, 0.717) is 39.7 Å². The quantitative estimate of drug-likeness (QED) is 0.476. The van der Waals surface area contributed by atoms with Gasteiger partial charge in [0.1, 0.15) is 0 Å². The summed E-state index contributed by atoms with van der Waals surface area (Å²) in [6.45, 7) is 1.92. The van der Waals surface area contributed by atoms with Crippen molar-refractivity contribution >= 4 is 28.9 Å². The molecule has 2 aromatic carbocycles. The Balaban J connectivity index is 2.05. The Kier molecular flexibility index (Phi) is 4.79. The van der Waals surface area contributed by atoms with E-state index < -0.39 is 23.6 Å². The van der Waals surface area contributed by atoms with Crippen molar-refractivity contribution in [1.29, 1.82) is 0 Å². The Morgan fingerprint density at radius 3 is 2.36 bits per heavy atom. The number of hydrogen-bond donors (Lipinski definition) is 0. The lowest BCUT2D eigenvalue weighted by molar-refractivity contribution is -0.156. The molecule has 0 amide bonds. The summed E-state index contributed by atoms with van der Waals surface area (Å²) in [5, 5.41) is 0.942. The first kappa shape index (κ1) is 19.8. The van der Waals surface area contributed by atoms with Gasteiger partial charge in [-0.1, -0.05) is 73.3 Å². The number of benzene rings is 2. The molecule has 28 heavy (non-hydrogen) atoms. The third kappa shape index (κ3) is 3.05. The van der Waals surface area contributed by atoms with E-state index in [-0.39, 0.29) is 0 Å². The predicted octanol–water partition coefficient (Wildman–Crippen LogP) is 7.37. The van der Waals surface area contributed by atoms with Crippen molar-refractivity contribution in [3.05, 3.63) is 69.2 Å². The fourth-order valence-electron chi connectivity index (χ4n) is 4.97. The van der Waals surface area contributed by atoms with Crippen LogP contribution in [0, 0.1) is 0 Å². The highest BCUT2D eigenvalue weighted by molar-refractivity contribution is 6.39. The molecule has 1 heterocycles. The molecule has 2 atom stereocenters. The standard InChI is InChI=1S/C22H20Cl2F3N/c1-20-11-4-5-12-21(20,13-22(25,26)27)28-19(14-7-2-3-9-16(14)23)18-15(20)8-6-10-17(18)24/h2-3,6-10H,4-5,11-13H2,1H3/t20-,21+/m0/s1. The van der Waals surface area contributed by atoms with Crippen molar-refractivity contribution in [3.63, 3.8) is 0 Å². The van der Waals surface area contributed by atoms with Gasteiger partial charge in [0.15, 0.2) is 0 Å². The highest BCUT2D eigenvalue weighted by atomic mass is 35.5. The predicted molar refractivity (Wildman–Crippen MR) is 108 cm³/mol. The molecule has 1 fully saturated rings. The second kappa shape index (κ2) is 6.77. The van der Waals surface area contributed by atoms with E-state index in [1.165, 1.54) is 0 Å². The molecule has 0 bridgehead atoms. The van der Waals surface area contributed by atoms with Gasteiger partial charge in [-0.05, 0) is 30.5 Å². The van der Waals surface area contributed by atoms with Gasteiger partial charge in [0.05, 0.1) is 22.7 Å². The fourth-order valence-corrected chi connectivity index (χ4v) is 5.46. The Hall–Kier alpha value is -1.52. The maximum atomic E-state index is 13.7. The van der Waals surface area contributed by atoms with Crippen molar-refractivity contribution in [1.82, 2.24) is 0 Å². The summed E-state index contributed by atoms with van der Waals surface area (Å²) < 4.78 is 41.2. The highest BCUT2D eigenvalue weighted by Gasteiger charge is 2.58. The second-order valence-electron chi connectivity index (χ2n) is 7.97. The van der Waals surface area contributed by atoms with Crippen molar-refractivity contribution in [2.45, 2.75) is 56.2 Å². The Labute approximate surface area is 172 Å². The molecule has 0 saturated heterocycles. The molecule has 0 radical (unpaired) electrons. The van der Waals surface area contributed by atoms with Gasteiger partial charge in [-0.2, -0.15) is 13.2 Å². The van der Waals surface area contributed by atoms with Crippen molar-refractivity contribution < 1.29 is 13.2 Å². The number of halogens is 5. The molecule has 148 valence electrons. The van der Waals surface area contributed by atoms with Crippen LogP contribution in [-0.2, 0) is 5.41 Å². The van der Waals surface area contributed by atoms with Crippen molar-refractivity contribution in [2.24, 2.45) is 4.99 Å². The van der Waals surface area contributed by atoms with E-state index in [4.69, 9.17) is 28.2 Å². The zero-order valence-electron chi connectivity index (χ0n) is 15.4. The minimum atomic E-state index is -4.32. The van der Waals surface area contributed by atoms with Crippen LogP contribution in [0.15, 0.2) is 47.5 Å². The molecular weight excluding hydrogens is 406 g/mol. The number of hydrogen-bond acceptors (Lipinski definition) is 1. The van der Waals surface area contributed by atoms with Crippen LogP contribution in [-0.4, -0.2) is 17.4 Å². The molecule has 2 aromatic rings. The zero-order valence-corrected chi connectivity index (χ0v) is 16.9. The number of nitrogens with zero attached hydrogens (tertiary/aromatic N) is 1. The van der Waals surface area contributed by atoms with E-state index >= 15 is 0 Å². The van der Waals surface area contributed by atoms with Crippen LogP contribution in [0.2, 0.25) is 10.0 Å². The molecule has 4 rings (SSSR count). The minimum absolute atomic E-state index is 0.392. The molecule has 1 aliphatic heterocycles. The van der Waals surface area contributed by atoms with Crippen LogP contribution in [0.25, 0.3) is 0 Å². The van der Waals surface area contributed by atoms with Crippen LogP contribution in [0.3, 0.4) is 0 Å².